The van der Waals surface area contributed by atoms with E-state index in [1.807, 2.05) is 6.92 Å². The molecule has 1 atom stereocenters. The van der Waals surface area contributed by atoms with Gasteiger partial charge < -0.3 is 14.9 Å². The lowest BCUT2D eigenvalue weighted by molar-refractivity contribution is -0.144. The maximum atomic E-state index is 11.1. The Balaban J connectivity index is 3.42. The minimum absolute atomic E-state index is 0.0827. The Bertz CT molecular complexity index is 214. The van der Waals surface area contributed by atoms with Gasteiger partial charge in [0.25, 0.3) is 0 Å². The summed E-state index contributed by atoms with van der Waals surface area (Å²) in [6.07, 6.45) is 2.16. The molecule has 0 heterocycles. The molecule has 0 amide bonds. The number of unbranched alkanes of at least 4 members (excludes halogenated alkanes) is 2. The number of carbonyl (C=O) groups is 2. The van der Waals surface area contributed by atoms with Crippen LogP contribution in [0.5, 0.6) is 0 Å². The summed E-state index contributed by atoms with van der Waals surface area (Å²) in [6, 6.07) is 0. The van der Waals surface area contributed by atoms with Gasteiger partial charge in [-0.2, -0.15) is 0 Å². The van der Waals surface area contributed by atoms with Crippen molar-refractivity contribution in [3.05, 3.63) is 0 Å². The second-order valence-electron chi connectivity index (χ2n) is 3.72. The third-order valence-electron chi connectivity index (χ3n) is 2.11. The Morgan fingerprint density at radius 1 is 1.31 bits per heavy atom. The van der Waals surface area contributed by atoms with Crippen molar-refractivity contribution in [3.8, 4) is 0 Å². The first-order chi connectivity index (χ1) is 7.56. The van der Waals surface area contributed by atoms with E-state index >= 15 is 0 Å². The van der Waals surface area contributed by atoms with E-state index in [1.54, 1.807) is 0 Å². The van der Waals surface area contributed by atoms with Crippen molar-refractivity contribution in [2.45, 2.75) is 51.6 Å². The lowest BCUT2D eigenvalue weighted by atomic mass is 10.2. The van der Waals surface area contributed by atoms with Gasteiger partial charge in [0.1, 0.15) is 0 Å². The lowest BCUT2D eigenvalue weighted by Crippen LogP contribution is -2.16. The molecule has 0 saturated carbocycles. The van der Waals surface area contributed by atoms with Crippen LogP contribution in [0.25, 0.3) is 0 Å². The second kappa shape index (κ2) is 9.15. The van der Waals surface area contributed by atoms with Crippen molar-refractivity contribution >= 4 is 11.9 Å². The monoisotopic (exact) mass is 232 g/mol. The first kappa shape index (κ1) is 14.9. The highest BCUT2D eigenvalue weighted by atomic mass is 16.5. The maximum Gasteiger partial charge on any atom is 0.305 e. The molecule has 0 aliphatic carbocycles. The fourth-order valence-electron chi connectivity index (χ4n) is 1.20. The summed E-state index contributed by atoms with van der Waals surface area (Å²) in [5, 5.41) is 17.5. The number of hydrogen-bond donors (Lipinski definition) is 2. The normalized spacial score (nSPS) is 12.1. The molecule has 0 aromatic carbocycles. The highest BCUT2D eigenvalue weighted by molar-refractivity contribution is 5.69. The number of carbonyl (C=O) groups excluding carboxylic acids is 1. The zero-order chi connectivity index (χ0) is 12.4. The Morgan fingerprint density at radius 3 is 2.56 bits per heavy atom. The van der Waals surface area contributed by atoms with Gasteiger partial charge in [0.2, 0.25) is 0 Å². The Labute approximate surface area is 95.4 Å². The van der Waals surface area contributed by atoms with Crippen molar-refractivity contribution in [3.63, 3.8) is 0 Å². The van der Waals surface area contributed by atoms with Crippen LogP contribution in [-0.4, -0.2) is 34.9 Å². The molecular formula is C11H20O5. The van der Waals surface area contributed by atoms with Gasteiger partial charge in [-0.1, -0.05) is 19.8 Å². The van der Waals surface area contributed by atoms with Crippen LogP contribution in [-0.2, 0) is 14.3 Å². The van der Waals surface area contributed by atoms with E-state index in [-0.39, 0.29) is 25.4 Å². The van der Waals surface area contributed by atoms with E-state index in [4.69, 9.17) is 9.84 Å². The Kier molecular flexibility index (Phi) is 8.52. The van der Waals surface area contributed by atoms with E-state index in [0.717, 1.165) is 19.3 Å². The molecule has 0 aromatic rings. The predicted molar refractivity (Wildman–Crippen MR) is 58.0 cm³/mol. The molecule has 0 aliphatic rings. The third-order valence-corrected chi connectivity index (χ3v) is 2.11. The van der Waals surface area contributed by atoms with Crippen LogP contribution in [0.2, 0.25) is 0 Å². The van der Waals surface area contributed by atoms with Gasteiger partial charge in [0.05, 0.1) is 19.1 Å². The van der Waals surface area contributed by atoms with Gasteiger partial charge in [-0.15, -0.1) is 0 Å². The molecule has 0 bridgehead atoms. The standard InChI is InChI=1S/C11H20O5/c1-2-3-4-5-11(15)16-7-6-9(12)8-10(13)14/h9,12H,2-8H2,1H3,(H,13,14). The van der Waals surface area contributed by atoms with Crippen molar-refractivity contribution in [1.29, 1.82) is 0 Å². The van der Waals surface area contributed by atoms with Gasteiger partial charge in [-0.05, 0) is 6.42 Å². The van der Waals surface area contributed by atoms with Crippen molar-refractivity contribution in [2.75, 3.05) is 6.61 Å². The van der Waals surface area contributed by atoms with E-state index in [0.29, 0.717) is 6.42 Å². The minimum atomic E-state index is -1.05. The lowest BCUT2D eigenvalue weighted by Gasteiger charge is -2.08. The summed E-state index contributed by atoms with van der Waals surface area (Å²) >= 11 is 0. The van der Waals surface area contributed by atoms with Crippen molar-refractivity contribution in [1.82, 2.24) is 0 Å². The molecule has 0 spiro atoms. The summed E-state index contributed by atoms with van der Waals surface area (Å²) in [5.74, 6) is -1.34. The average molecular weight is 232 g/mol. The van der Waals surface area contributed by atoms with E-state index in [9.17, 15) is 14.7 Å². The quantitative estimate of drug-likeness (QED) is 0.463. The fourth-order valence-corrected chi connectivity index (χ4v) is 1.20. The SMILES string of the molecule is CCCCCC(=O)OCCC(O)CC(=O)O. The van der Waals surface area contributed by atoms with E-state index in [1.165, 1.54) is 0 Å². The van der Waals surface area contributed by atoms with Gasteiger partial charge in [0, 0.05) is 12.8 Å². The summed E-state index contributed by atoms with van der Waals surface area (Å²) in [6.45, 7) is 2.13. The molecule has 5 nitrogen and oxygen atoms in total. The van der Waals surface area contributed by atoms with Crippen LogP contribution in [0.4, 0.5) is 0 Å². The molecule has 0 aromatic heterocycles. The number of ether oxygens (including phenoxy) is 1. The molecular weight excluding hydrogens is 212 g/mol. The average Bonchev–Trinajstić information content (AvgIpc) is 2.17. The number of aliphatic hydroxyl groups is 1. The van der Waals surface area contributed by atoms with Crippen LogP contribution in [0, 0.1) is 0 Å². The Morgan fingerprint density at radius 2 is 2.00 bits per heavy atom. The minimum Gasteiger partial charge on any atom is -0.481 e. The number of aliphatic hydroxyl groups excluding tert-OH is 1. The predicted octanol–water partition coefficient (Wildman–Crippen LogP) is 1.34. The van der Waals surface area contributed by atoms with E-state index < -0.39 is 12.1 Å². The first-order valence-corrected chi connectivity index (χ1v) is 5.61. The van der Waals surface area contributed by atoms with Gasteiger partial charge >= 0.3 is 11.9 Å². The number of hydrogen-bond acceptors (Lipinski definition) is 4. The number of carboxylic acids is 1. The molecule has 0 rings (SSSR count). The highest BCUT2D eigenvalue weighted by Crippen LogP contribution is 2.02. The van der Waals surface area contributed by atoms with Crippen LogP contribution >= 0.6 is 0 Å². The number of rotatable bonds is 9. The maximum absolute atomic E-state index is 11.1. The number of aliphatic carboxylic acids is 1. The third kappa shape index (κ3) is 9.45. The van der Waals surface area contributed by atoms with Crippen LogP contribution in [0.15, 0.2) is 0 Å². The van der Waals surface area contributed by atoms with Crippen molar-refractivity contribution in [2.24, 2.45) is 0 Å². The molecule has 16 heavy (non-hydrogen) atoms. The molecule has 0 aliphatic heterocycles. The second-order valence-corrected chi connectivity index (χ2v) is 3.72. The summed E-state index contributed by atoms with van der Waals surface area (Å²) in [7, 11) is 0. The van der Waals surface area contributed by atoms with Gasteiger partial charge in [-0.3, -0.25) is 9.59 Å². The zero-order valence-electron chi connectivity index (χ0n) is 9.65. The molecule has 5 heteroatoms. The molecule has 1 unspecified atom stereocenters. The molecule has 94 valence electrons. The molecule has 0 saturated heterocycles. The Hall–Kier alpha value is -1.10. The zero-order valence-corrected chi connectivity index (χ0v) is 9.65. The number of carboxylic acid groups (broad SMARTS) is 1. The smallest absolute Gasteiger partial charge is 0.305 e. The molecule has 0 fully saturated rings. The van der Waals surface area contributed by atoms with Crippen LogP contribution < -0.4 is 0 Å². The highest BCUT2D eigenvalue weighted by Gasteiger charge is 2.10. The summed E-state index contributed by atoms with van der Waals surface area (Å²) in [5.41, 5.74) is 0. The van der Waals surface area contributed by atoms with Crippen LogP contribution in [0.3, 0.4) is 0 Å². The largest absolute Gasteiger partial charge is 0.481 e. The van der Waals surface area contributed by atoms with Crippen molar-refractivity contribution < 1.29 is 24.5 Å². The molecule has 2 N–H and O–H groups in total. The van der Waals surface area contributed by atoms with Gasteiger partial charge in [-0.25, -0.2) is 0 Å². The first-order valence-electron chi connectivity index (χ1n) is 5.61. The summed E-state index contributed by atoms with van der Waals surface area (Å²) < 4.78 is 4.85. The fraction of sp³-hybridized carbons (Fsp3) is 0.818. The topological polar surface area (TPSA) is 83.8 Å². The van der Waals surface area contributed by atoms with Crippen LogP contribution in [0.1, 0.15) is 45.4 Å². The molecule has 0 radical (unpaired) electrons. The number of esters is 1. The van der Waals surface area contributed by atoms with E-state index in [2.05, 4.69) is 0 Å². The summed E-state index contributed by atoms with van der Waals surface area (Å²) in [4.78, 5) is 21.3. The van der Waals surface area contributed by atoms with Gasteiger partial charge in [0.15, 0.2) is 0 Å².